The number of rotatable bonds is 6. The maximum Gasteiger partial charge on any atom is 0.256 e. The third-order valence-electron chi connectivity index (χ3n) is 5.56. The van der Waals surface area contributed by atoms with E-state index in [9.17, 15) is 18.0 Å². The minimum atomic E-state index is -3.57. The number of amides is 2. The lowest BCUT2D eigenvalue weighted by Gasteiger charge is -2.30. The van der Waals surface area contributed by atoms with Crippen LogP contribution in [0.25, 0.3) is 0 Å². The van der Waals surface area contributed by atoms with Crippen LogP contribution in [0.5, 0.6) is 0 Å². The highest BCUT2D eigenvalue weighted by Crippen LogP contribution is 2.38. The van der Waals surface area contributed by atoms with Gasteiger partial charge in [-0.15, -0.1) is 11.3 Å². The number of hydrogen-bond donors (Lipinski definition) is 1. The standard InChI is InChI=1S/C22H30N4O4S2/c1-14(2)26-12-11-17-18(13-26)31-21(19(17)22(28)24(3)4)23-20(27)15-7-9-16(10-8-15)32(29,30)25(5)6/h7-10,14H,11-13H2,1-6H3,(H,23,27). The first-order chi connectivity index (χ1) is 14.9. The summed E-state index contributed by atoms with van der Waals surface area (Å²) in [6, 6.07) is 6.18. The average molecular weight is 479 g/mol. The SMILES string of the molecule is CC(C)N1CCc2c(sc(NC(=O)c3ccc(S(=O)(=O)N(C)C)cc3)c2C(=O)N(C)C)C1. The van der Waals surface area contributed by atoms with Gasteiger partial charge in [0, 0.05) is 57.8 Å². The van der Waals surface area contributed by atoms with Crippen LogP contribution in [0, 0.1) is 0 Å². The molecule has 2 aromatic rings. The number of carbonyl (C=O) groups excluding carboxylic acids is 2. The predicted molar refractivity (Wildman–Crippen MR) is 127 cm³/mol. The summed E-state index contributed by atoms with van der Waals surface area (Å²) in [7, 11) is 2.74. The molecule has 1 aromatic carbocycles. The lowest BCUT2D eigenvalue weighted by molar-refractivity contribution is 0.0827. The van der Waals surface area contributed by atoms with Crippen molar-refractivity contribution in [3.8, 4) is 0 Å². The number of anilines is 1. The van der Waals surface area contributed by atoms with Gasteiger partial charge in [-0.2, -0.15) is 0 Å². The van der Waals surface area contributed by atoms with Crippen LogP contribution in [0.15, 0.2) is 29.2 Å². The van der Waals surface area contributed by atoms with E-state index in [0.29, 0.717) is 22.2 Å². The normalized spacial score (nSPS) is 14.5. The number of nitrogens with one attached hydrogen (secondary N) is 1. The van der Waals surface area contributed by atoms with E-state index in [4.69, 9.17) is 0 Å². The molecule has 1 N–H and O–H groups in total. The summed E-state index contributed by atoms with van der Waals surface area (Å²) >= 11 is 1.44. The molecule has 0 saturated carbocycles. The third-order valence-corrected chi connectivity index (χ3v) is 8.52. The lowest BCUT2D eigenvalue weighted by atomic mass is 10.0. The molecule has 32 heavy (non-hydrogen) atoms. The minimum absolute atomic E-state index is 0.114. The van der Waals surface area contributed by atoms with Crippen molar-refractivity contribution >= 4 is 38.2 Å². The van der Waals surface area contributed by atoms with Crippen LogP contribution in [-0.2, 0) is 23.0 Å². The number of thiophene rings is 1. The summed E-state index contributed by atoms with van der Waals surface area (Å²) < 4.78 is 25.6. The van der Waals surface area contributed by atoms with Gasteiger partial charge in [0.15, 0.2) is 0 Å². The zero-order chi connectivity index (χ0) is 23.8. The molecule has 2 heterocycles. The van der Waals surface area contributed by atoms with Crippen LogP contribution < -0.4 is 5.32 Å². The largest absolute Gasteiger partial charge is 0.345 e. The number of fused-ring (bicyclic) bond motifs is 1. The Morgan fingerprint density at radius 2 is 1.72 bits per heavy atom. The molecule has 1 aromatic heterocycles. The highest BCUT2D eigenvalue weighted by molar-refractivity contribution is 7.89. The van der Waals surface area contributed by atoms with Gasteiger partial charge in [0.25, 0.3) is 11.8 Å². The molecule has 2 amide bonds. The molecule has 0 saturated heterocycles. The number of sulfonamides is 1. The van der Waals surface area contributed by atoms with Gasteiger partial charge < -0.3 is 10.2 Å². The molecular formula is C22H30N4O4S2. The first kappa shape index (κ1) is 24.4. The van der Waals surface area contributed by atoms with Crippen LogP contribution in [0.4, 0.5) is 5.00 Å². The summed E-state index contributed by atoms with van der Waals surface area (Å²) in [5, 5.41) is 3.43. The van der Waals surface area contributed by atoms with Crippen LogP contribution in [0.3, 0.4) is 0 Å². The van der Waals surface area contributed by atoms with Gasteiger partial charge in [-0.3, -0.25) is 14.5 Å². The number of nitrogens with zero attached hydrogens (tertiary/aromatic N) is 3. The first-order valence-electron chi connectivity index (χ1n) is 10.4. The molecule has 10 heteroatoms. The molecule has 0 radical (unpaired) electrons. The Balaban J connectivity index is 1.91. The minimum Gasteiger partial charge on any atom is -0.345 e. The number of hydrogen-bond acceptors (Lipinski definition) is 6. The van der Waals surface area contributed by atoms with Crippen LogP contribution in [-0.4, -0.2) is 75.1 Å². The second-order valence-electron chi connectivity index (χ2n) is 8.49. The molecule has 0 bridgehead atoms. The van der Waals surface area contributed by atoms with E-state index in [2.05, 4.69) is 24.1 Å². The van der Waals surface area contributed by atoms with Crippen molar-refractivity contribution < 1.29 is 18.0 Å². The second kappa shape index (κ2) is 9.30. The van der Waals surface area contributed by atoms with Crippen molar-refractivity contribution in [3.05, 3.63) is 45.8 Å². The Morgan fingerprint density at radius 3 is 2.25 bits per heavy atom. The zero-order valence-corrected chi connectivity index (χ0v) is 20.9. The van der Waals surface area contributed by atoms with Crippen molar-refractivity contribution in [2.45, 2.75) is 37.8 Å². The summed E-state index contributed by atoms with van der Waals surface area (Å²) in [4.78, 5) is 31.0. The van der Waals surface area contributed by atoms with Crippen molar-refractivity contribution in [2.75, 3.05) is 40.1 Å². The fourth-order valence-electron chi connectivity index (χ4n) is 3.57. The van der Waals surface area contributed by atoms with Gasteiger partial charge in [-0.1, -0.05) is 0 Å². The molecule has 174 valence electrons. The Labute approximate surface area is 193 Å². The van der Waals surface area contributed by atoms with Gasteiger partial charge in [0.05, 0.1) is 10.5 Å². The Bertz CT molecular complexity index is 1120. The topological polar surface area (TPSA) is 90.0 Å². The maximum absolute atomic E-state index is 12.9. The predicted octanol–water partition coefficient (Wildman–Crippen LogP) is 2.72. The summed E-state index contributed by atoms with van der Waals surface area (Å²) in [5.41, 5.74) is 1.88. The molecule has 0 fully saturated rings. The second-order valence-corrected chi connectivity index (χ2v) is 11.7. The zero-order valence-electron chi connectivity index (χ0n) is 19.3. The molecule has 0 aliphatic carbocycles. The molecule has 0 unspecified atom stereocenters. The van der Waals surface area contributed by atoms with Gasteiger partial charge in [-0.05, 0) is 50.1 Å². The van der Waals surface area contributed by atoms with Crippen molar-refractivity contribution in [3.63, 3.8) is 0 Å². The van der Waals surface area contributed by atoms with Crippen molar-refractivity contribution in [1.29, 1.82) is 0 Å². The van der Waals surface area contributed by atoms with E-state index in [1.165, 1.54) is 54.6 Å². The molecule has 8 nitrogen and oxygen atoms in total. The molecule has 0 atom stereocenters. The fourth-order valence-corrected chi connectivity index (χ4v) is 5.73. The lowest BCUT2D eigenvalue weighted by Crippen LogP contribution is -2.36. The molecule has 3 rings (SSSR count). The van der Waals surface area contributed by atoms with Crippen LogP contribution in [0.1, 0.15) is 45.0 Å². The molecule has 1 aliphatic heterocycles. The van der Waals surface area contributed by atoms with Crippen LogP contribution >= 0.6 is 11.3 Å². The summed E-state index contributed by atoms with van der Waals surface area (Å²) in [6.45, 7) is 5.91. The van der Waals surface area contributed by atoms with Crippen molar-refractivity contribution in [1.82, 2.24) is 14.1 Å². The van der Waals surface area contributed by atoms with E-state index in [1.807, 2.05) is 0 Å². The average Bonchev–Trinajstić information content (AvgIpc) is 3.09. The smallest absolute Gasteiger partial charge is 0.256 e. The Morgan fingerprint density at radius 1 is 1.09 bits per heavy atom. The van der Waals surface area contributed by atoms with E-state index in [-0.39, 0.29) is 16.7 Å². The van der Waals surface area contributed by atoms with Gasteiger partial charge in [0.1, 0.15) is 5.00 Å². The molecular weight excluding hydrogens is 448 g/mol. The number of benzene rings is 1. The van der Waals surface area contributed by atoms with Crippen LogP contribution in [0.2, 0.25) is 0 Å². The summed E-state index contributed by atoms with van der Waals surface area (Å²) in [5.74, 6) is -0.519. The summed E-state index contributed by atoms with van der Waals surface area (Å²) in [6.07, 6.45) is 0.756. The Hall–Kier alpha value is -2.27. The molecule has 1 aliphatic rings. The molecule has 0 spiro atoms. The van der Waals surface area contributed by atoms with Gasteiger partial charge in [0.2, 0.25) is 10.0 Å². The van der Waals surface area contributed by atoms with Gasteiger partial charge in [-0.25, -0.2) is 12.7 Å². The quantitative estimate of drug-likeness (QED) is 0.690. The Kier molecular flexibility index (Phi) is 7.09. The first-order valence-corrected chi connectivity index (χ1v) is 12.6. The van der Waals surface area contributed by atoms with E-state index in [0.717, 1.165) is 34.3 Å². The van der Waals surface area contributed by atoms with Crippen molar-refractivity contribution in [2.24, 2.45) is 0 Å². The van der Waals surface area contributed by atoms with Gasteiger partial charge >= 0.3 is 0 Å². The fraction of sp³-hybridized carbons (Fsp3) is 0.455. The highest BCUT2D eigenvalue weighted by atomic mass is 32.2. The highest BCUT2D eigenvalue weighted by Gasteiger charge is 2.30. The van der Waals surface area contributed by atoms with E-state index in [1.54, 1.807) is 14.1 Å². The van der Waals surface area contributed by atoms with E-state index >= 15 is 0 Å². The van der Waals surface area contributed by atoms with E-state index < -0.39 is 10.0 Å². The third kappa shape index (κ3) is 4.73. The maximum atomic E-state index is 12.9. The monoisotopic (exact) mass is 478 g/mol. The number of carbonyl (C=O) groups is 2.